The summed E-state index contributed by atoms with van der Waals surface area (Å²) in [6, 6.07) is 21.1. The van der Waals surface area contributed by atoms with E-state index in [1.165, 1.54) is 11.9 Å². The molecule has 0 bridgehead atoms. The van der Waals surface area contributed by atoms with Crippen molar-refractivity contribution in [3.8, 4) is 11.5 Å². The number of nitrogens with one attached hydrogen (secondary N) is 4. The zero-order chi connectivity index (χ0) is 36.0. The molecular formula is C38H47N5O7. The Morgan fingerprint density at radius 2 is 1.64 bits per heavy atom. The second kappa shape index (κ2) is 18.4. The van der Waals surface area contributed by atoms with E-state index in [1.807, 2.05) is 54.6 Å². The van der Waals surface area contributed by atoms with Crippen LogP contribution in [0.1, 0.15) is 48.2 Å². The lowest BCUT2D eigenvalue weighted by Crippen LogP contribution is -2.54. The van der Waals surface area contributed by atoms with E-state index in [0.717, 1.165) is 16.9 Å². The molecule has 12 nitrogen and oxygen atoms in total. The Labute approximate surface area is 293 Å². The quantitative estimate of drug-likeness (QED) is 0.253. The zero-order valence-electron chi connectivity index (χ0n) is 29.1. The number of aryl methyl sites for hydroxylation is 1. The van der Waals surface area contributed by atoms with Crippen LogP contribution >= 0.6 is 0 Å². The smallest absolute Gasteiger partial charge is 0.255 e. The lowest BCUT2D eigenvalue weighted by molar-refractivity contribution is -0.139. The first-order valence-corrected chi connectivity index (χ1v) is 16.8. The second-order valence-electron chi connectivity index (χ2n) is 12.7. The number of carbonyl (C=O) groups excluding carboxylic acids is 5. The van der Waals surface area contributed by atoms with E-state index in [9.17, 15) is 24.0 Å². The fourth-order valence-corrected chi connectivity index (χ4v) is 5.66. The van der Waals surface area contributed by atoms with E-state index in [-0.39, 0.29) is 30.4 Å². The molecule has 1 heterocycles. The molecule has 1 aliphatic rings. The van der Waals surface area contributed by atoms with Crippen molar-refractivity contribution < 1.29 is 33.4 Å². The predicted octanol–water partition coefficient (Wildman–Crippen LogP) is 2.65. The SMILES string of the molecule is COc1cccc(CCCNC(=O)[C@@H]2CC(=O)N[C@@H](C(C)C)C(=O)N(C)CC(=O)N[C@H](Cc3ccccc3)COc3ccccc3C(=O)N2)c1. The van der Waals surface area contributed by atoms with Gasteiger partial charge in [0.05, 0.1) is 31.7 Å². The van der Waals surface area contributed by atoms with Gasteiger partial charge in [-0.05, 0) is 60.6 Å². The summed E-state index contributed by atoms with van der Waals surface area (Å²) in [6.07, 6.45) is 1.29. The normalized spacial score (nSPS) is 19.3. The van der Waals surface area contributed by atoms with Gasteiger partial charge in [0.25, 0.3) is 5.91 Å². The number of likely N-dealkylation sites (N-methyl/N-ethyl adjacent to an activating group) is 1. The minimum absolute atomic E-state index is 0.0223. The van der Waals surface area contributed by atoms with Gasteiger partial charge in [0.15, 0.2) is 0 Å². The van der Waals surface area contributed by atoms with E-state index >= 15 is 0 Å². The number of para-hydroxylation sites is 1. The van der Waals surface area contributed by atoms with Crippen molar-refractivity contribution in [2.75, 3.05) is 33.9 Å². The number of rotatable bonds is 9. The molecule has 50 heavy (non-hydrogen) atoms. The Balaban J connectivity index is 1.57. The summed E-state index contributed by atoms with van der Waals surface area (Å²) in [6.45, 7) is 3.62. The molecule has 1 aliphatic heterocycles. The second-order valence-corrected chi connectivity index (χ2v) is 12.7. The maximum Gasteiger partial charge on any atom is 0.255 e. The monoisotopic (exact) mass is 685 g/mol. The molecule has 3 aromatic carbocycles. The average Bonchev–Trinajstić information content (AvgIpc) is 3.10. The van der Waals surface area contributed by atoms with E-state index < -0.39 is 54.1 Å². The summed E-state index contributed by atoms with van der Waals surface area (Å²) in [5, 5.41) is 11.3. The lowest BCUT2D eigenvalue weighted by atomic mass is 10.0. The number of hydrogen-bond donors (Lipinski definition) is 4. The molecule has 0 aliphatic carbocycles. The average molecular weight is 686 g/mol. The molecule has 0 unspecified atom stereocenters. The van der Waals surface area contributed by atoms with Crippen molar-refractivity contribution in [3.63, 3.8) is 0 Å². The molecule has 0 aromatic heterocycles. The molecule has 0 radical (unpaired) electrons. The predicted molar refractivity (Wildman–Crippen MR) is 189 cm³/mol. The molecule has 0 saturated carbocycles. The standard InChI is InChI=1S/C38H47N5O7/c1-25(2)35-38(48)43(3)23-34(45)40-28(20-26-12-6-5-7-13-26)24-50-32-18-9-8-17-30(32)36(46)41-31(22-33(44)42-35)37(47)39-19-11-15-27-14-10-16-29(21-27)49-4/h5-10,12-14,16-18,21,25,28,31,35H,11,15,19-20,22-24H2,1-4H3,(H,39,47)(H,40,45)(H,41,46)(H,42,44)/t28-,31+,35+/m1/s1. The van der Waals surface area contributed by atoms with Crippen LogP contribution < -0.4 is 30.7 Å². The lowest BCUT2D eigenvalue weighted by Gasteiger charge is -2.28. The highest BCUT2D eigenvalue weighted by Gasteiger charge is 2.32. The highest BCUT2D eigenvalue weighted by Crippen LogP contribution is 2.20. The molecule has 4 N–H and O–H groups in total. The number of benzene rings is 3. The molecule has 5 amide bonds. The maximum atomic E-state index is 13.7. The minimum atomic E-state index is -1.25. The topological polar surface area (TPSA) is 155 Å². The Morgan fingerprint density at radius 3 is 2.38 bits per heavy atom. The summed E-state index contributed by atoms with van der Waals surface area (Å²) in [5.41, 5.74) is 2.16. The van der Waals surface area contributed by atoms with Gasteiger partial charge < -0.3 is 35.6 Å². The van der Waals surface area contributed by atoms with Crippen LogP contribution in [0, 0.1) is 5.92 Å². The first-order valence-electron chi connectivity index (χ1n) is 16.8. The van der Waals surface area contributed by atoms with Crippen molar-refractivity contribution in [2.24, 2.45) is 5.92 Å². The van der Waals surface area contributed by atoms with Gasteiger partial charge in [-0.3, -0.25) is 24.0 Å². The van der Waals surface area contributed by atoms with Gasteiger partial charge in [-0.15, -0.1) is 0 Å². The summed E-state index contributed by atoms with van der Waals surface area (Å²) < 4.78 is 11.4. The van der Waals surface area contributed by atoms with Crippen LogP contribution in [0.2, 0.25) is 0 Å². The molecule has 0 spiro atoms. The van der Waals surface area contributed by atoms with Gasteiger partial charge in [0, 0.05) is 13.6 Å². The third-order valence-electron chi connectivity index (χ3n) is 8.35. The van der Waals surface area contributed by atoms with E-state index in [0.29, 0.717) is 25.8 Å². The van der Waals surface area contributed by atoms with Crippen LogP contribution in [-0.2, 0) is 32.0 Å². The highest BCUT2D eigenvalue weighted by molar-refractivity contribution is 6.01. The Hall–Kier alpha value is -5.39. The first-order chi connectivity index (χ1) is 24.0. The van der Waals surface area contributed by atoms with Crippen LogP contribution in [0.15, 0.2) is 78.9 Å². The van der Waals surface area contributed by atoms with E-state index in [1.54, 1.807) is 45.2 Å². The highest BCUT2D eigenvalue weighted by atomic mass is 16.5. The van der Waals surface area contributed by atoms with Crippen LogP contribution in [0.5, 0.6) is 11.5 Å². The van der Waals surface area contributed by atoms with Crippen molar-refractivity contribution in [2.45, 2.75) is 57.7 Å². The largest absolute Gasteiger partial charge is 0.497 e. The maximum absolute atomic E-state index is 13.7. The van der Waals surface area contributed by atoms with Crippen LogP contribution in [-0.4, -0.2) is 86.4 Å². The number of fused-ring (bicyclic) bond motifs is 1. The summed E-state index contributed by atoms with van der Waals surface area (Å²) in [4.78, 5) is 68.6. The Kier molecular flexibility index (Phi) is 13.8. The van der Waals surface area contributed by atoms with Gasteiger partial charge in [0.2, 0.25) is 23.6 Å². The van der Waals surface area contributed by atoms with Crippen LogP contribution in [0.4, 0.5) is 0 Å². The van der Waals surface area contributed by atoms with Crippen LogP contribution in [0.3, 0.4) is 0 Å². The van der Waals surface area contributed by atoms with E-state index in [2.05, 4.69) is 21.3 Å². The fraction of sp³-hybridized carbons (Fsp3) is 0.395. The van der Waals surface area contributed by atoms with Crippen LogP contribution in [0.25, 0.3) is 0 Å². The third-order valence-corrected chi connectivity index (χ3v) is 8.35. The molecule has 0 fully saturated rings. The third kappa shape index (κ3) is 11.1. The zero-order valence-corrected chi connectivity index (χ0v) is 29.1. The van der Waals surface area contributed by atoms with Gasteiger partial charge in [-0.25, -0.2) is 0 Å². The Morgan fingerprint density at radius 1 is 0.920 bits per heavy atom. The summed E-state index contributed by atoms with van der Waals surface area (Å²) in [7, 11) is 3.10. The molecular weight excluding hydrogens is 638 g/mol. The van der Waals surface area contributed by atoms with Crippen molar-refractivity contribution in [1.29, 1.82) is 0 Å². The van der Waals surface area contributed by atoms with Crippen molar-refractivity contribution >= 4 is 29.5 Å². The summed E-state index contributed by atoms with van der Waals surface area (Å²) in [5.74, 6) is -1.98. The minimum Gasteiger partial charge on any atom is -0.497 e. The van der Waals surface area contributed by atoms with Gasteiger partial charge >= 0.3 is 0 Å². The van der Waals surface area contributed by atoms with Crippen molar-refractivity contribution in [3.05, 3.63) is 95.6 Å². The molecule has 0 saturated heterocycles. The van der Waals surface area contributed by atoms with Gasteiger partial charge in [-0.2, -0.15) is 0 Å². The molecule has 4 rings (SSSR count). The number of ether oxygens (including phenoxy) is 2. The number of methoxy groups -OCH3 is 1. The first kappa shape index (κ1) is 37.4. The van der Waals surface area contributed by atoms with E-state index in [4.69, 9.17) is 9.47 Å². The van der Waals surface area contributed by atoms with Gasteiger partial charge in [0.1, 0.15) is 30.2 Å². The number of hydrogen-bond acceptors (Lipinski definition) is 7. The fourth-order valence-electron chi connectivity index (χ4n) is 5.66. The number of amides is 5. The van der Waals surface area contributed by atoms with Crippen molar-refractivity contribution in [1.82, 2.24) is 26.2 Å². The number of carbonyl (C=O) groups is 5. The molecule has 266 valence electrons. The Bertz CT molecular complexity index is 1630. The van der Waals surface area contributed by atoms with Gasteiger partial charge in [-0.1, -0.05) is 68.4 Å². The molecule has 12 heteroatoms. The number of nitrogens with zero attached hydrogens (tertiary/aromatic N) is 1. The summed E-state index contributed by atoms with van der Waals surface area (Å²) >= 11 is 0. The molecule has 3 atom stereocenters. The molecule has 3 aromatic rings.